The molecule has 6 unspecified atom stereocenters. The van der Waals surface area contributed by atoms with Crippen molar-refractivity contribution in [2.45, 2.75) is 37.0 Å². The maximum atomic E-state index is 13.4. The van der Waals surface area contributed by atoms with Gasteiger partial charge in [0.2, 0.25) is 0 Å². The zero-order valence-electron chi connectivity index (χ0n) is 21.6. The van der Waals surface area contributed by atoms with Crippen LogP contribution in [0.3, 0.4) is 0 Å². The summed E-state index contributed by atoms with van der Waals surface area (Å²) in [6.45, 7) is -0.283. The summed E-state index contributed by atoms with van der Waals surface area (Å²) in [5.74, 6) is -0.120. The van der Waals surface area contributed by atoms with Crippen LogP contribution in [0.1, 0.15) is 11.1 Å². The lowest BCUT2D eigenvalue weighted by atomic mass is 9.23. The van der Waals surface area contributed by atoms with Crippen LogP contribution in [-0.2, 0) is 22.3 Å². The molecule has 6 aliphatic rings. The second-order valence-electron chi connectivity index (χ2n) is 11.8. The van der Waals surface area contributed by atoms with E-state index in [9.17, 15) is 19.8 Å². The molecule has 2 amide bonds. The lowest BCUT2D eigenvalue weighted by Crippen LogP contribution is -3.03. The number of nitrogens with zero attached hydrogens (tertiary/aromatic N) is 2. The van der Waals surface area contributed by atoms with E-state index in [4.69, 9.17) is 9.47 Å². The molecule has 0 spiro atoms. The van der Waals surface area contributed by atoms with Crippen LogP contribution < -0.4 is 0 Å². The van der Waals surface area contributed by atoms with E-state index in [0.717, 1.165) is 12.8 Å². The largest absolute Gasteiger partial charge is 0.453 e. The van der Waals surface area contributed by atoms with Crippen molar-refractivity contribution in [3.05, 3.63) is 71.8 Å². The van der Waals surface area contributed by atoms with Crippen LogP contribution in [-0.4, -0.2) is 83.8 Å². The Hall–Kier alpha value is -3.10. The van der Waals surface area contributed by atoms with Gasteiger partial charge in [-0.05, 0) is 35.8 Å². The summed E-state index contributed by atoms with van der Waals surface area (Å²) in [4.78, 5) is 30.5. The van der Waals surface area contributed by atoms with Crippen LogP contribution in [0.4, 0.5) is 9.59 Å². The molecule has 4 heterocycles. The van der Waals surface area contributed by atoms with Gasteiger partial charge in [-0.1, -0.05) is 60.7 Å². The Morgan fingerprint density at radius 2 is 1.03 bits per heavy atom. The van der Waals surface area contributed by atoms with Crippen LogP contribution in [0.25, 0.3) is 0 Å². The average molecular weight is 519 g/mol. The van der Waals surface area contributed by atoms with Gasteiger partial charge < -0.3 is 29.5 Å². The predicted octanol–water partition coefficient (Wildman–Crippen LogP) is 2.57. The fourth-order valence-electron chi connectivity index (χ4n) is 10.2. The summed E-state index contributed by atoms with van der Waals surface area (Å²) in [6.07, 6.45) is 0.664. The fourth-order valence-corrected chi connectivity index (χ4v) is 10.2. The summed E-state index contributed by atoms with van der Waals surface area (Å²) in [7, 11) is 2.79. The number of carbonyl (C=O) groups is 2. The molecule has 8 nitrogen and oxygen atoms in total. The van der Waals surface area contributed by atoms with E-state index in [0.29, 0.717) is 0 Å². The molecule has 8 rings (SSSR count). The summed E-state index contributed by atoms with van der Waals surface area (Å²) in [5, 5.41) is 22.4. The number of piperidine rings is 4. The van der Waals surface area contributed by atoms with Crippen molar-refractivity contribution in [3.8, 4) is 0 Å². The molecule has 8 heteroatoms. The Kier molecular flexibility index (Phi) is 5.17. The molecule has 38 heavy (non-hydrogen) atoms. The van der Waals surface area contributed by atoms with E-state index in [2.05, 4.69) is 24.3 Å². The molecule has 2 N–H and O–H groups in total. The molecule has 2 aliphatic carbocycles. The Bertz CT molecular complexity index is 1130. The number of hydrogen-bond donors (Lipinski definition) is 2. The van der Waals surface area contributed by atoms with Gasteiger partial charge in [-0.15, -0.1) is 0 Å². The summed E-state index contributed by atoms with van der Waals surface area (Å²) in [6, 6.07) is 19.3. The van der Waals surface area contributed by atoms with Crippen LogP contribution in [0, 0.1) is 34.5 Å². The SMILES string of the molecule is COC(=O)N1C2C3C(Cc4ccccc4)C4(CO)C1C1C(Cc5ccccc5)C2(CO)C3N(C(=O)OC)C14. The first kappa shape index (κ1) is 24.0. The van der Waals surface area contributed by atoms with E-state index in [1.54, 1.807) is 0 Å². The molecular formula is C30H34N2O6. The molecule has 4 aliphatic heterocycles. The first-order chi connectivity index (χ1) is 18.5. The topological polar surface area (TPSA) is 99.5 Å². The maximum Gasteiger partial charge on any atom is 0.410 e. The number of aliphatic hydroxyl groups excluding tert-OH is 2. The standard InChI is InChI=1S/C30H34N2O6/c1-37-27(35)31-23-21-19(13-17-9-5-3-6-10-17)29(15-33)24(31)22-20(14-18-11-7-4-8-12-18)30(23,16-34)25(21)32(26(22)29)28(36)38-2/h3-12,19-26,33-34H,13-16H2,1-2H3. The van der Waals surface area contributed by atoms with Gasteiger partial charge in [0.1, 0.15) is 0 Å². The Morgan fingerprint density at radius 3 is 1.32 bits per heavy atom. The normalized spacial score (nSPS) is 40.8. The van der Waals surface area contributed by atoms with Gasteiger partial charge in [0.25, 0.3) is 0 Å². The highest BCUT2D eigenvalue weighted by Crippen LogP contribution is 2.82. The number of rotatable bonds is 6. The Labute approximate surface area is 222 Å². The van der Waals surface area contributed by atoms with E-state index in [1.807, 2.05) is 46.2 Å². The van der Waals surface area contributed by atoms with Gasteiger partial charge in [-0.3, -0.25) is 0 Å². The van der Waals surface area contributed by atoms with E-state index >= 15 is 0 Å². The highest BCUT2D eigenvalue weighted by Gasteiger charge is 2.92. The third-order valence-electron chi connectivity index (χ3n) is 11.1. The molecule has 2 aromatic carbocycles. The van der Waals surface area contributed by atoms with Gasteiger partial charge in [-0.25, -0.2) is 9.59 Å². The number of methoxy groups -OCH3 is 2. The van der Waals surface area contributed by atoms with Gasteiger partial charge >= 0.3 is 12.2 Å². The predicted molar refractivity (Wildman–Crippen MR) is 137 cm³/mol. The molecule has 2 saturated carbocycles. The van der Waals surface area contributed by atoms with Crippen molar-refractivity contribution >= 4 is 12.2 Å². The monoisotopic (exact) mass is 518 g/mol. The maximum absolute atomic E-state index is 13.4. The number of aliphatic hydroxyl groups is 2. The molecule has 0 aromatic heterocycles. The highest BCUT2D eigenvalue weighted by molar-refractivity contribution is 5.75. The van der Waals surface area contributed by atoms with Crippen LogP contribution in [0.15, 0.2) is 60.7 Å². The van der Waals surface area contributed by atoms with Crippen molar-refractivity contribution in [1.29, 1.82) is 0 Å². The zero-order chi connectivity index (χ0) is 26.4. The van der Waals surface area contributed by atoms with Gasteiger partial charge in [0.15, 0.2) is 0 Å². The van der Waals surface area contributed by atoms with Crippen molar-refractivity contribution < 1.29 is 29.3 Å². The second-order valence-corrected chi connectivity index (χ2v) is 11.8. The van der Waals surface area contributed by atoms with Crippen molar-refractivity contribution in [2.24, 2.45) is 34.5 Å². The van der Waals surface area contributed by atoms with Crippen molar-refractivity contribution in [3.63, 3.8) is 0 Å². The third-order valence-corrected chi connectivity index (χ3v) is 11.1. The molecule has 6 atom stereocenters. The molecule has 200 valence electrons. The van der Waals surface area contributed by atoms with Crippen LogP contribution in [0.2, 0.25) is 0 Å². The molecule has 6 fully saturated rings. The fraction of sp³-hybridized carbons (Fsp3) is 0.533. The van der Waals surface area contributed by atoms with Gasteiger partial charge in [-0.2, -0.15) is 0 Å². The second kappa shape index (κ2) is 8.20. The highest BCUT2D eigenvalue weighted by atomic mass is 16.5. The number of amides is 2. The summed E-state index contributed by atoms with van der Waals surface area (Å²) in [5.41, 5.74) is 0.948. The first-order valence-electron chi connectivity index (χ1n) is 13.5. The Morgan fingerprint density at radius 1 is 0.684 bits per heavy atom. The first-order valence-corrected chi connectivity index (χ1v) is 13.5. The summed E-state index contributed by atoms with van der Waals surface area (Å²) < 4.78 is 10.6. The minimum atomic E-state index is -0.697. The number of hydrogen-bond acceptors (Lipinski definition) is 6. The quantitative estimate of drug-likeness (QED) is 0.610. The smallest absolute Gasteiger partial charge is 0.410 e. The molecule has 8 bridgehead atoms. The van der Waals surface area contributed by atoms with E-state index in [-0.39, 0.29) is 61.1 Å². The van der Waals surface area contributed by atoms with Gasteiger partial charge in [0, 0.05) is 22.7 Å². The van der Waals surface area contributed by atoms with E-state index in [1.165, 1.54) is 25.3 Å². The lowest BCUT2D eigenvalue weighted by Gasteiger charge is -2.91. The minimum Gasteiger partial charge on any atom is -0.453 e. The number of ether oxygens (including phenoxy) is 2. The van der Waals surface area contributed by atoms with Crippen molar-refractivity contribution in [2.75, 3.05) is 27.4 Å². The van der Waals surface area contributed by atoms with Crippen LogP contribution >= 0.6 is 0 Å². The zero-order valence-corrected chi connectivity index (χ0v) is 21.6. The van der Waals surface area contributed by atoms with Gasteiger partial charge in [0.05, 0.1) is 51.6 Å². The van der Waals surface area contributed by atoms with Crippen molar-refractivity contribution in [1.82, 2.24) is 9.80 Å². The minimum absolute atomic E-state index is 0.0512. The summed E-state index contributed by atoms with van der Waals surface area (Å²) >= 11 is 0. The lowest BCUT2D eigenvalue weighted by molar-refractivity contribution is -0.432. The molecular weight excluding hydrogens is 484 g/mol. The van der Waals surface area contributed by atoms with E-state index < -0.39 is 23.0 Å². The number of carbonyl (C=O) groups excluding carboxylic acids is 2. The average Bonchev–Trinajstić information content (AvgIpc) is 2.92. The Balaban J connectivity index is 1.42. The molecule has 2 aromatic rings. The van der Waals surface area contributed by atoms with Crippen LogP contribution in [0.5, 0.6) is 0 Å². The molecule has 0 radical (unpaired) electrons. The number of benzene rings is 2. The molecule has 4 saturated heterocycles. The third kappa shape index (κ3) is 2.54.